The first kappa shape index (κ1) is 19.3. The van der Waals surface area contributed by atoms with Gasteiger partial charge in [-0.15, -0.1) is 11.3 Å². The number of rotatable bonds is 3. The van der Waals surface area contributed by atoms with Crippen molar-refractivity contribution >= 4 is 43.1 Å². The summed E-state index contributed by atoms with van der Waals surface area (Å²) in [7, 11) is 0. The van der Waals surface area contributed by atoms with Gasteiger partial charge < -0.3 is 0 Å². The molecular weight excluding hydrogens is 428 g/mol. The van der Waals surface area contributed by atoms with Crippen LogP contribution in [-0.4, -0.2) is 0 Å². The van der Waals surface area contributed by atoms with Crippen LogP contribution in [0.15, 0.2) is 115 Å². The smallest absolute Gasteiger partial charge is 0.0584 e. The first-order valence-corrected chi connectivity index (χ1v) is 11.8. The second kappa shape index (κ2) is 7.94. The number of hydrogen-bond acceptors (Lipinski definition) is 1. The normalized spacial score (nSPS) is 11.3. The fourth-order valence-corrected chi connectivity index (χ4v) is 5.71. The maximum atomic E-state index is 6.47. The molecule has 0 radical (unpaired) electrons. The Kier molecular flexibility index (Phi) is 4.79. The van der Waals surface area contributed by atoms with E-state index in [0.717, 1.165) is 9.72 Å². The number of fused-ring (bicyclic) bond motifs is 3. The van der Waals surface area contributed by atoms with Gasteiger partial charge in [0.2, 0.25) is 0 Å². The minimum Gasteiger partial charge on any atom is -0.134 e. The lowest BCUT2D eigenvalue weighted by atomic mass is 9.93. The van der Waals surface area contributed by atoms with E-state index >= 15 is 0 Å². The maximum Gasteiger partial charge on any atom is 0.0584 e. The molecule has 0 unspecified atom stereocenters. The van der Waals surface area contributed by atoms with E-state index in [1.165, 1.54) is 48.9 Å². The molecule has 0 aliphatic rings. The van der Waals surface area contributed by atoms with E-state index in [-0.39, 0.29) is 0 Å². The van der Waals surface area contributed by atoms with Crippen molar-refractivity contribution in [3.63, 3.8) is 0 Å². The summed E-state index contributed by atoms with van der Waals surface area (Å²) in [5.41, 5.74) is 7.32. The van der Waals surface area contributed by atoms with Crippen LogP contribution in [-0.2, 0) is 0 Å². The third-order valence-electron chi connectivity index (χ3n) is 5.93. The van der Waals surface area contributed by atoms with Crippen LogP contribution in [0.2, 0.25) is 5.02 Å². The van der Waals surface area contributed by atoms with Gasteiger partial charge in [0, 0.05) is 15.5 Å². The first-order valence-electron chi connectivity index (χ1n) is 10.6. The van der Waals surface area contributed by atoms with Gasteiger partial charge in [0.05, 0.1) is 9.72 Å². The molecule has 0 spiro atoms. The lowest BCUT2D eigenvalue weighted by Gasteiger charge is -2.11. The van der Waals surface area contributed by atoms with Crippen LogP contribution in [0.5, 0.6) is 0 Å². The summed E-state index contributed by atoms with van der Waals surface area (Å²) in [5.74, 6) is 0. The minimum absolute atomic E-state index is 0.822. The summed E-state index contributed by atoms with van der Waals surface area (Å²) in [4.78, 5) is 0. The van der Waals surface area contributed by atoms with Crippen molar-refractivity contribution in [1.29, 1.82) is 0 Å². The summed E-state index contributed by atoms with van der Waals surface area (Å²) >= 11 is 8.23. The van der Waals surface area contributed by atoms with Crippen LogP contribution in [0.1, 0.15) is 0 Å². The van der Waals surface area contributed by atoms with E-state index in [0.29, 0.717) is 0 Å². The third-order valence-corrected chi connectivity index (χ3v) is 7.58. The van der Waals surface area contributed by atoms with Crippen LogP contribution in [0.25, 0.3) is 53.6 Å². The van der Waals surface area contributed by atoms with Gasteiger partial charge in [-0.2, -0.15) is 0 Å². The number of benzene rings is 5. The van der Waals surface area contributed by atoms with Crippen molar-refractivity contribution in [1.82, 2.24) is 0 Å². The number of halogens is 1. The second-order valence-corrected chi connectivity index (χ2v) is 9.42. The Morgan fingerprint density at radius 1 is 0.438 bits per heavy atom. The first-order chi connectivity index (χ1) is 15.8. The fourth-order valence-electron chi connectivity index (χ4n) is 4.33. The van der Waals surface area contributed by atoms with Gasteiger partial charge in [-0.3, -0.25) is 0 Å². The molecule has 0 bridgehead atoms. The maximum absolute atomic E-state index is 6.47. The Morgan fingerprint density at radius 2 is 1.03 bits per heavy atom. The fraction of sp³-hybridized carbons (Fsp3) is 0. The SMILES string of the molecule is Clc1cccc2c1sc1ccc(-c3cc(-c4ccccc4)cc(-c4ccccc4)c3)cc12. The summed E-state index contributed by atoms with van der Waals surface area (Å²) in [6.45, 7) is 0. The summed E-state index contributed by atoms with van der Waals surface area (Å²) in [6, 6.07) is 41.0. The van der Waals surface area contributed by atoms with Gasteiger partial charge in [0.1, 0.15) is 0 Å². The molecular formula is C30H19ClS. The van der Waals surface area contributed by atoms with Crippen molar-refractivity contribution in [2.75, 3.05) is 0 Å². The minimum atomic E-state index is 0.822. The van der Waals surface area contributed by atoms with E-state index in [4.69, 9.17) is 11.6 Å². The molecule has 0 nitrogen and oxygen atoms in total. The molecule has 1 aromatic heterocycles. The molecule has 1 heterocycles. The lowest BCUT2D eigenvalue weighted by Crippen LogP contribution is -1.86. The second-order valence-electron chi connectivity index (χ2n) is 7.96. The van der Waals surface area contributed by atoms with E-state index in [9.17, 15) is 0 Å². The Balaban J connectivity index is 1.58. The summed E-state index contributed by atoms with van der Waals surface area (Å²) < 4.78 is 2.42. The van der Waals surface area contributed by atoms with Crippen LogP contribution in [0.3, 0.4) is 0 Å². The Labute approximate surface area is 196 Å². The van der Waals surface area contributed by atoms with Crippen molar-refractivity contribution in [3.8, 4) is 33.4 Å². The van der Waals surface area contributed by atoms with Crippen molar-refractivity contribution < 1.29 is 0 Å². The largest absolute Gasteiger partial charge is 0.134 e. The van der Waals surface area contributed by atoms with Gasteiger partial charge in [-0.1, -0.05) is 90.5 Å². The average Bonchev–Trinajstić information content (AvgIpc) is 3.24. The molecule has 0 saturated heterocycles. The van der Waals surface area contributed by atoms with Crippen LogP contribution < -0.4 is 0 Å². The van der Waals surface area contributed by atoms with Crippen molar-refractivity contribution in [2.24, 2.45) is 0 Å². The summed E-state index contributed by atoms with van der Waals surface area (Å²) in [6.07, 6.45) is 0. The van der Waals surface area contributed by atoms with E-state index in [1.54, 1.807) is 11.3 Å². The van der Waals surface area contributed by atoms with E-state index in [1.807, 2.05) is 12.1 Å². The monoisotopic (exact) mass is 446 g/mol. The van der Waals surface area contributed by atoms with Gasteiger partial charge >= 0.3 is 0 Å². The lowest BCUT2D eigenvalue weighted by molar-refractivity contribution is 1.57. The number of hydrogen-bond donors (Lipinski definition) is 0. The highest BCUT2D eigenvalue weighted by molar-refractivity contribution is 7.26. The molecule has 0 saturated carbocycles. The zero-order valence-corrected chi connectivity index (χ0v) is 18.8. The van der Waals surface area contributed by atoms with Crippen LogP contribution in [0.4, 0.5) is 0 Å². The number of thiophene rings is 1. The molecule has 2 heteroatoms. The van der Waals surface area contributed by atoms with Gasteiger partial charge in [0.15, 0.2) is 0 Å². The zero-order valence-electron chi connectivity index (χ0n) is 17.3. The Bertz CT molecular complexity index is 1510. The molecule has 6 aromatic rings. The van der Waals surface area contributed by atoms with Crippen LogP contribution >= 0.6 is 22.9 Å². The molecule has 0 aliphatic carbocycles. The van der Waals surface area contributed by atoms with E-state index < -0.39 is 0 Å². The third kappa shape index (κ3) is 3.40. The summed E-state index contributed by atoms with van der Waals surface area (Å²) in [5, 5.41) is 3.31. The molecule has 0 N–H and O–H groups in total. The highest BCUT2D eigenvalue weighted by Crippen LogP contribution is 2.40. The predicted octanol–water partition coefficient (Wildman–Crippen LogP) is 9.71. The highest BCUT2D eigenvalue weighted by Gasteiger charge is 2.11. The average molecular weight is 447 g/mol. The highest BCUT2D eigenvalue weighted by atomic mass is 35.5. The van der Waals surface area contributed by atoms with Gasteiger partial charge in [-0.05, 0) is 69.8 Å². The van der Waals surface area contributed by atoms with E-state index in [2.05, 4.69) is 103 Å². The molecule has 0 fully saturated rings. The molecule has 0 aliphatic heterocycles. The van der Waals surface area contributed by atoms with Crippen molar-refractivity contribution in [3.05, 3.63) is 120 Å². The molecule has 152 valence electrons. The predicted molar refractivity (Wildman–Crippen MR) is 141 cm³/mol. The molecule has 0 amide bonds. The standard InChI is InChI=1S/C30H19ClS/c31-28-13-7-12-26-27-19-22(14-15-29(27)32-30(26)28)25-17-23(20-8-3-1-4-9-20)16-24(18-25)21-10-5-2-6-11-21/h1-19H. The Hall–Kier alpha value is -3.39. The van der Waals surface area contributed by atoms with Gasteiger partial charge in [-0.25, -0.2) is 0 Å². The molecule has 5 aromatic carbocycles. The zero-order chi connectivity index (χ0) is 21.5. The molecule has 6 rings (SSSR count). The quantitative estimate of drug-likeness (QED) is 0.253. The van der Waals surface area contributed by atoms with Crippen LogP contribution in [0, 0.1) is 0 Å². The van der Waals surface area contributed by atoms with Gasteiger partial charge in [0.25, 0.3) is 0 Å². The molecule has 0 atom stereocenters. The molecule has 32 heavy (non-hydrogen) atoms. The van der Waals surface area contributed by atoms with Crippen molar-refractivity contribution in [2.45, 2.75) is 0 Å². The Morgan fingerprint density at radius 3 is 1.66 bits per heavy atom. The topological polar surface area (TPSA) is 0 Å².